The number of unbranched alkanes of at least 4 members (excludes halogenated alkanes) is 2. The molecule has 0 spiro atoms. The molecule has 9 nitrogen and oxygen atoms in total. The second kappa shape index (κ2) is 13.2. The number of carbonyl (C=O) groups excluding carboxylic acids is 5. The number of anilines is 1. The molecular formula is C29H29BrN4O5. The largest absolute Gasteiger partial charge is 0.356 e. The van der Waals surface area contributed by atoms with E-state index < -0.39 is 11.9 Å². The summed E-state index contributed by atoms with van der Waals surface area (Å²) in [5, 5.41) is 5.19. The Kier molecular flexibility index (Phi) is 9.49. The number of nitrogens with zero attached hydrogens (tertiary/aromatic N) is 2. The molecule has 5 amide bonds. The maximum absolute atomic E-state index is 12.9. The van der Waals surface area contributed by atoms with Crippen molar-refractivity contribution in [3.63, 3.8) is 0 Å². The molecule has 0 aliphatic carbocycles. The minimum atomic E-state index is -0.652. The molecule has 0 saturated carbocycles. The van der Waals surface area contributed by atoms with Crippen LogP contribution in [0.1, 0.15) is 60.0 Å². The van der Waals surface area contributed by atoms with Crippen LogP contribution in [0.2, 0.25) is 0 Å². The molecule has 2 aliphatic heterocycles. The first kappa shape index (κ1) is 28.0. The third-order valence-corrected chi connectivity index (χ3v) is 7.25. The lowest BCUT2D eigenvalue weighted by Gasteiger charge is -2.29. The number of hydrogen-bond donors (Lipinski definition) is 2. The summed E-state index contributed by atoms with van der Waals surface area (Å²) in [5.74, 6) is 5.22. The van der Waals surface area contributed by atoms with Crippen LogP contribution in [-0.2, 0) is 25.7 Å². The van der Waals surface area contributed by atoms with Gasteiger partial charge in [0.25, 0.3) is 5.91 Å². The lowest BCUT2D eigenvalue weighted by Crippen LogP contribution is -2.52. The lowest BCUT2D eigenvalue weighted by atomic mass is 10.0. The molecule has 0 radical (unpaired) electrons. The zero-order valence-electron chi connectivity index (χ0n) is 21.4. The summed E-state index contributed by atoms with van der Waals surface area (Å²) in [6.07, 6.45) is 3.66. The van der Waals surface area contributed by atoms with E-state index in [9.17, 15) is 24.0 Å². The highest BCUT2D eigenvalue weighted by atomic mass is 79.9. The molecule has 39 heavy (non-hydrogen) atoms. The highest BCUT2D eigenvalue weighted by Crippen LogP contribution is 2.29. The van der Waals surface area contributed by atoms with Crippen molar-refractivity contribution < 1.29 is 24.0 Å². The van der Waals surface area contributed by atoms with Crippen LogP contribution < -0.4 is 15.5 Å². The molecule has 1 unspecified atom stereocenters. The smallest absolute Gasteiger partial charge is 0.255 e. The third-order valence-electron chi connectivity index (χ3n) is 6.72. The summed E-state index contributed by atoms with van der Waals surface area (Å²) in [4.78, 5) is 63.2. The fraction of sp³-hybridized carbons (Fsp3) is 0.345. The van der Waals surface area contributed by atoms with E-state index in [2.05, 4.69) is 38.4 Å². The number of imide groups is 1. The molecule has 2 aromatic carbocycles. The monoisotopic (exact) mass is 592 g/mol. The Balaban J connectivity index is 1.19. The minimum Gasteiger partial charge on any atom is -0.356 e. The topological polar surface area (TPSA) is 116 Å². The number of hydrogen-bond acceptors (Lipinski definition) is 5. The molecule has 2 N–H and O–H groups in total. The van der Waals surface area contributed by atoms with Crippen LogP contribution in [0.3, 0.4) is 0 Å². The molecule has 2 aliphatic rings. The number of piperidine rings is 1. The number of benzene rings is 2. The quantitative estimate of drug-likeness (QED) is 0.190. The van der Waals surface area contributed by atoms with E-state index in [1.807, 2.05) is 30.3 Å². The van der Waals surface area contributed by atoms with Gasteiger partial charge in [-0.1, -0.05) is 33.8 Å². The van der Waals surface area contributed by atoms with Crippen molar-refractivity contribution >= 4 is 51.7 Å². The van der Waals surface area contributed by atoms with Gasteiger partial charge in [0.05, 0.1) is 0 Å². The molecule has 1 fully saturated rings. The Hall–Kier alpha value is -3.97. The molecule has 10 heteroatoms. The average Bonchev–Trinajstić information content (AvgIpc) is 3.26. The van der Waals surface area contributed by atoms with Crippen molar-refractivity contribution in [2.45, 2.75) is 51.1 Å². The van der Waals surface area contributed by atoms with Crippen LogP contribution in [-0.4, -0.2) is 54.1 Å². The summed E-state index contributed by atoms with van der Waals surface area (Å²) in [5.41, 5.74) is 2.84. The van der Waals surface area contributed by atoms with Crippen LogP contribution >= 0.6 is 15.9 Å². The predicted octanol–water partition coefficient (Wildman–Crippen LogP) is 2.90. The normalized spacial score (nSPS) is 16.2. The van der Waals surface area contributed by atoms with Gasteiger partial charge in [-0.2, -0.15) is 0 Å². The maximum Gasteiger partial charge on any atom is 0.255 e. The molecule has 1 atom stereocenters. The zero-order chi connectivity index (χ0) is 27.8. The Morgan fingerprint density at radius 3 is 2.69 bits per heavy atom. The Morgan fingerprint density at radius 1 is 1.15 bits per heavy atom. The number of amides is 5. The van der Waals surface area contributed by atoms with E-state index >= 15 is 0 Å². The number of halogens is 1. The molecule has 4 rings (SSSR count). The first-order valence-electron chi connectivity index (χ1n) is 12.9. The SMILES string of the molecule is O=CN(CCC(=O)NCCCCC#Cc1cccc2c1CN(C1CCC(=O)NC1=O)C2=O)c1ccc(Br)cc1. The molecule has 1 saturated heterocycles. The van der Waals surface area contributed by atoms with E-state index in [-0.39, 0.29) is 30.6 Å². The second-order valence-corrected chi connectivity index (χ2v) is 10.3. The lowest BCUT2D eigenvalue weighted by molar-refractivity contribution is -0.137. The molecule has 0 aromatic heterocycles. The fourth-order valence-corrected chi connectivity index (χ4v) is 4.88. The summed E-state index contributed by atoms with van der Waals surface area (Å²) >= 11 is 3.36. The van der Waals surface area contributed by atoms with Gasteiger partial charge in [-0.05, 0) is 61.2 Å². The van der Waals surface area contributed by atoms with Gasteiger partial charge in [0.1, 0.15) is 6.04 Å². The van der Waals surface area contributed by atoms with Gasteiger partial charge in [-0.3, -0.25) is 29.3 Å². The van der Waals surface area contributed by atoms with Gasteiger partial charge in [-0.15, -0.1) is 0 Å². The third kappa shape index (κ3) is 7.12. The van der Waals surface area contributed by atoms with E-state index in [0.29, 0.717) is 38.0 Å². The summed E-state index contributed by atoms with van der Waals surface area (Å²) in [7, 11) is 0. The molecule has 2 aromatic rings. The Morgan fingerprint density at radius 2 is 1.95 bits per heavy atom. The van der Waals surface area contributed by atoms with E-state index in [4.69, 9.17) is 0 Å². The molecule has 0 bridgehead atoms. The van der Waals surface area contributed by atoms with Gasteiger partial charge in [-0.25, -0.2) is 0 Å². The van der Waals surface area contributed by atoms with Crippen LogP contribution in [0, 0.1) is 11.8 Å². The van der Waals surface area contributed by atoms with Crippen molar-refractivity contribution in [2.24, 2.45) is 0 Å². The second-order valence-electron chi connectivity index (χ2n) is 9.37. The number of rotatable bonds is 10. The Labute approximate surface area is 235 Å². The van der Waals surface area contributed by atoms with Crippen molar-refractivity contribution in [3.8, 4) is 11.8 Å². The van der Waals surface area contributed by atoms with Crippen molar-refractivity contribution in [1.29, 1.82) is 0 Å². The maximum atomic E-state index is 12.9. The highest BCUT2D eigenvalue weighted by molar-refractivity contribution is 9.10. The first-order chi connectivity index (χ1) is 18.9. The van der Waals surface area contributed by atoms with Gasteiger partial charge in [0, 0.05) is 60.2 Å². The van der Waals surface area contributed by atoms with Crippen LogP contribution in [0.25, 0.3) is 0 Å². The van der Waals surface area contributed by atoms with Crippen LogP contribution in [0.4, 0.5) is 5.69 Å². The Bertz CT molecular complexity index is 1330. The summed E-state index contributed by atoms with van der Waals surface area (Å²) in [6.45, 7) is 1.12. The van der Waals surface area contributed by atoms with E-state index in [1.165, 1.54) is 9.80 Å². The highest BCUT2D eigenvalue weighted by Gasteiger charge is 2.39. The minimum absolute atomic E-state index is 0.116. The number of carbonyl (C=O) groups is 5. The predicted molar refractivity (Wildman–Crippen MR) is 148 cm³/mol. The van der Waals surface area contributed by atoms with Gasteiger partial charge < -0.3 is 15.1 Å². The van der Waals surface area contributed by atoms with Crippen LogP contribution in [0.5, 0.6) is 0 Å². The van der Waals surface area contributed by atoms with Gasteiger partial charge in [0.15, 0.2) is 0 Å². The van der Waals surface area contributed by atoms with Crippen molar-refractivity contribution in [3.05, 3.63) is 63.6 Å². The fourth-order valence-electron chi connectivity index (χ4n) is 4.61. The molecule has 202 valence electrons. The molecular weight excluding hydrogens is 564 g/mol. The number of fused-ring (bicyclic) bond motifs is 1. The first-order valence-corrected chi connectivity index (χ1v) is 13.7. The van der Waals surface area contributed by atoms with Crippen molar-refractivity contribution in [1.82, 2.24) is 15.5 Å². The summed E-state index contributed by atoms with van der Waals surface area (Å²) in [6, 6.07) is 12.0. The summed E-state index contributed by atoms with van der Waals surface area (Å²) < 4.78 is 0.915. The van der Waals surface area contributed by atoms with Gasteiger partial charge in [0.2, 0.25) is 24.1 Å². The average molecular weight is 593 g/mol. The van der Waals surface area contributed by atoms with Gasteiger partial charge >= 0.3 is 0 Å². The van der Waals surface area contributed by atoms with Crippen molar-refractivity contribution in [2.75, 3.05) is 18.0 Å². The zero-order valence-corrected chi connectivity index (χ0v) is 23.0. The van der Waals surface area contributed by atoms with E-state index in [1.54, 1.807) is 12.1 Å². The number of nitrogens with one attached hydrogen (secondary N) is 2. The van der Waals surface area contributed by atoms with E-state index in [0.717, 1.165) is 40.5 Å². The van der Waals surface area contributed by atoms with Crippen LogP contribution in [0.15, 0.2) is 46.9 Å². The molecule has 2 heterocycles. The standard InChI is InChI=1S/C29H29BrN4O5/c30-21-9-11-22(12-10-21)33(19-35)17-15-26(36)31-16-4-2-1-3-6-20-7-5-8-23-24(20)18-34(29(23)39)25-13-14-27(37)32-28(25)38/h5,7-12,19,25H,1-2,4,13-18H2,(H,31,36)(H,32,37,38).